The van der Waals surface area contributed by atoms with Crippen molar-refractivity contribution in [1.29, 1.82) is 0 Å². The fourth-order valence-corrected chi connectivity index (χ4v) is 2.59. The number of nitrogens with zero attached hydrogens (tertiary/aromatic N) is 3. The van der Waals surface area contributed by atoms with E-state index in [1.807, 2.05) is 0 Å². The molecule has 0 saturated heterocycles. The van der Waals surface area contributed by atoms with Gasteiger partial charge in [-0.1, -0.05) is 16.5 Å². The number of hydrogen-bond acceptors (Lipinski definition) is 7. The summed E-state index contributed by atoms with van der Waals surface area (Å²) in [5, 5.41) is 14.5. The first-order chi connectivity index (χ1) is 8.58. The second-order valence-electron chi connectivity index (χ2n) is 4.33. The zero-order chi connectivity index (χ0) is 12.8. The van der Waals surface area contributed by atoms with Gasteiger partial charge in [-0.05, 0) is 25.3 Å². The first kappa shape index (κ1) is 11.3. The van der Waals surface area contributed by atoms with Crippen LogP contribution in [0.3, 0.4) is 0 Å². The monoisotopic (exact) mass is 266 g/mol. The number of nitrogens with two attached hydrogens (primary N) is 1. The molecule has 1 aliphatic rings. The lowest BCUT2D eigenvalue weighted by atomic mass is 9.77. The summed E-state index contributed by atoms with van der Waals surface area (Å²) in [6, 6.07) is 3.02. The van der Waals surface area contributed by atoms with Crippen molar-refractivity contribution in [1.82, 2.24) is 10.1 Å². The van der Waals surface area contributed by atoms with E-state index in [1.54, 1.807) is 6.07 Å². The van der Waals surface area contributed by atoms with Crippen LogP contribution in [0.4, 0.5) is 5.00 Å². The van der Waals surface area contributed by atoms with Gasteiger partial charge in [-0.25, -0.2) is 0 Å². The van der Waals surface area contributed by atoms with E-state index in [9.17, 15) is 10.1 Å². The Morgan fingerprint density at radius 1 is 1.50 bits per heavy atom. The summed E-state index contributed by atoms with van der Waals surface area (Å²) in [5.41, 5.74) is 5.60. The zero-order valence-electron chi connectivity index (χ0n) is 9.33. The minimum Gasteiger partial charge on any atom is -0.333 e. The van der Waals surface area contributed by atoms with Crippen LogP contribution in [-0.4, -0.2) is 15.1 Å². The first-order valence-corrected chi connectivity index (χ1v) is 6.28. The van der Waals surface area contributed by atoms with Gasteiger partial charge in [0, 0.05) is 6.07 Å². The highest BCUT2D eigenvalue weighted by Gasteiger charge is 2.39. The molecule has 0 aromatic carbocycles. The molecule has 8 heteroatoms. The second-order valence-corrected chi connectivity index (χ2v) is 5.39. The van der Waals surface area contributed by atoms with Crippen molar-refractivity contribution < 1.29 is 9.45 Å². The quantitative estimate of drug-likeness (QED) is 0.672. The molecule has 1 aliphatic carbocycles. The third-order valence-corrected chi connectivity index (χ3v) is 4.12. The van der Waals surface area contributed by atoms with Crippen LogP contribution in [-0.2, 0) is 5.54 Å². The SMILES string of the molecule is NC1(c2noc(-c3ccc([N+](=O)[O-])s3)n2)CCC1. The van der Waals surface area contributed by atoms with Gasteiger partial charge in [-0.3, -0.25) is 10.1 Å². The maximum absolute atomic E-state index is 10.6. The van der Waals surface area contributed by atoms with E-state index >= 15 is 0 Å². The number of aromatic nitrogens is 2. The normalized spacial score (nSPS) is 17.4. The van der Waals surface area contributed by atoms with Gasteiger partial charge in [0.2, 0.25) is 0 Å². The molecular weight excluding hydrogens is 256 g/mol. The number of hydrogen-bond donors (Lipinski definition) is 1. The molecule has 2 heterocycles. The molecule has 0 unspecified atom stereocenters. The molecule has 0 radical (unpaired) electrons. The van der Waals surface area contributed by atoms with Crippen LogP contribution in [0.2, 0.25) is 0 Å². The van der Waals surface area contributed by atoms with Crippen LogP contribution in [0.15, 0.2) is 16.7 Å². The fraction of sp³-hybridized carbons (Fsp3) is 0.400. The summed E-state index contributed by atoms with van der Waals surface area (Å²) < 4.78 is 5.11. The van der Waals surface area contributed by atoms with Crippen LogP contribution in [0.1, 0.15) is 25.1 Å². The maximum atomic E-state index is 10.6. The van der Waals surface area contributed by atoms with Crippen molar-refractivity contribution in [2.24, 2.45) is 5.73 Å². The Hall–Kier alpha value is -1.80. The number of thiophene rings is 1. The Labute approximate surface area is 106 Å². The van der Waals surface area contributed by atoms with Gasteiger partial charge in [0.25, 0.3) is 5.89 Å². The van der Waals surface area contributed by atoms with E-state index in [4.69, 9.17) is 10.3 Å². The largest absolute Gasteiger partial charge is 0.333 e. The Bertz CT molecular complexity index is 602. The average Bonchev–Trinajstić information content (AvgIpc) is 2.94. The van der Waals surface area contributed by atoms with Gasteiger partial charge >= 0.3 is 5.00 Å². The average molecular weight is 266 g/mol. The highest BCUT2D eigenvalue weighted by atomic mass is 32.1. The molecule has 0 spiro atoms. The lowest BCUT2D eigenvalue weighted by molar-refractivity contribution is -0.380. The second kappa shape index (κ2) is 3.85. The van der Waals surface area contributed by atoms with Crippen LogP contribution >= 0.6 is 11.3 Å². The third-order valence-electron chi connectivity index (χ3n) is 3.10. The van der Waals surface area contributed by atoms with Gasteiger partial charge in [0.1, 0.15) is 0 Å². The van der Waals surface area contributed by atoms with Crippen molar-refractivity contribution >= 4 is 16.3 Å². The summed E-state index contributed by atoms with van der Waals surface area (Å²) >= 11 is 1.01. The summed E-state index contributed by atoms with van der Waals surface area (Å²) in [7, 11) is 0. The van der Waals surface area contributed by atoms with E-state index in [-0.39, 0.29) is 5.00 Å². The van der Waals surface area contributed by atoms with Gasteiger partial charge in [-0.2, -0.15) is 4.98 Å². The molecule has 7 nitrogen and oxygen atoms in total. The van der Waals surface area contributed by atoms with Crippen LogP contribution in [0.25, 0.3) is 10.8 Å². The highest BCUT2D eigenvalue weighted by Crippen LogP contribution is 2.38. The van der Waals surface area contributed by atoms with Crippen molar-refractivity contribution in [2.45, 2.75) is 24.8 Å². The molecule has 1 saturated carbocycles. The lowest BCUT2D eigenvalue weighted by Gasteiger charge is -2.34. The first-order valence-electron chi connectivity index (χ1n) is 5.46. The predicted molar refractivity (Wildman–Crippen MR) is 64.0 cm³/mol. The molecule has 94 valence electrons. The standard InChI is InChI=1S/C10H10N4O3S/c11-10(4-1-5-10)9-12-8(17-13-9)6-2-3-7(18-6)14(15)16/h2-3H,1,4-5,11H2. The maximum Gasteiger partial charge on any atom is 0.324 e. The smallest absolute Gasteiger partial charge is 0.324 e. The molecule has 1 fully saturated rings. The number of nitro groups is 1. The summed E-state index contributed by atoms with van der Waals surface area (Å²) in [6.07, 6.45) is 2.75. The highest BCUT2D eigenvalue weighted by molar-refractivity contribution is 7.18. The van der Waals surface area contributed by atoms with Gasteiger partial charge in [0.05, 0.1) is 15.3 Å². The predicted octanol–water partition coefficient (Wildman–Crippen LogP) is 2.04. The summed E-state index contributed by atoms with van der Waals surface area (Å²) in [6.45, 7) is 0. The van der Waals surface area contributed by atoms with Crippen LogP contribution in [0.5, 0.6) is 0 Å². The van der Waals surface area contributed by atoms with Crippen molar-refractivity contribution in [3.05, 3.63) is 28.1 Å². The summed E-state index contributed by atoms with van der Waals surface area (Å²) in [5.74, 6) is 0.777. The summed E-state index contributed by atoms with van der Waals surface area (Å²) in [4.78, 5) is 15.0. The molecule has 0 amide bonds. The van der Waals surface area contributed by atoms with E-state index in [0.29, 0.717) is 16.6 Å². The molecule has 2 aromatic heterocycles. The Morgan fingerprint density at radius 2 is 2.28 bits per heavy atom. The molecule has 0 bridgehead atoms. The Kier molecular flexibility index (Phi) is 2.42. The molecule has 3 rings (SSSR count). The van der Waals surface area contributed by atoms with Crippen molar-refractivity contribution in [3.8, 4) is 10.8 Å². The molecule has 2 N–H and O–H groups in total. The minimum atomic E-state index is -0.481. The van der Waals surface area contributed by atoms with E-state index < -0.39 is 10.5 Å². The van der Waals surface area contributed by atoms with Crippen LogP contribution in [0, 0.1) is 10.1 Å². The minimum absolute atomic E-state index is 0.0517. The molecule has 18 heavy (non-hydrogen) atoms. The van der Waals surface area contributed by atoms with Gasteiger partial charge in [-0.15, -0.1) is 0 Å². The van der Waals surface area contributed by atoms with E-state index in [0.717, 1.165) is 30.6 Å². The van der Waals surface area contributed by atoms with E-state index in [1.165, 1.54) is 6.07 Å². The zero-order valence-corrected chi connectivity index (χ0v) is 10.1. The molecule has 0 aliphatic heterocycles. The van der Waals surface area contributed by atoms with Crippen molar-refractivity contribution in [2.75, 3.05) is 0 Å². The lowest BCUT2D eigenvalue weighted by Crippen LogP contribution is -2.44. The Balaban J connectivity index is 1.90. The molecule has 2 aromatic rings. The van der Waals surface area contributed by atoms with Crippen LogP contribution < -0.4 is 5.73 Å². The molecule has 0 atom stereocenters. The Morgan fingerprint density at radius 3 is 2.83 bits per heavy atom. The fourth-order valence-electron chi connectivity index (χ4n) is 1.85. The number of rotatable bonds is 3. The van der Waals surface area contributed by atoms with Gasteiger partial charge < -0.3 is 10.3 Å². The molecular formula is C10H10N4O3S. The topological polar surface area (TPSA) is 108 Å². The van der Waals surface area contributed by atoms with Gasteiger partial charge in [0.15, 0.2) is 5.82 Å². The van der Waals surface area contributed by atoms with E-state index in [2.05, 4.69) is 10.1 Å². The van der Waals surface area contributed by atoms with Crippen molar-refractivity contribution in [3.63, 3.8) is 0 Å². The third kappa shape index (κ3) is 1.70.